The molecular formula is C22H30N2O4S. The van der Waals surface area contributed by atoms with Gasteiger partial charge < -0.3 is 10.1 Å². The van der Waals surface area contributed by atoms with Crippen LogP contribution in [0, 0.1) is 23.2 Å². The van der Waals surface area contributed by atoms with E-state index >= 15 is 0 Å². The van der Waals surface area contributed by atoms with Crippen LogP contribution in [0.1, 0.15) is 48.9 Å². The molecule has 1 aromatic rings. The molecule has 4 saturated carbocycles. The average Bonchev–Trinajstić information content (AvgIpc) is 2.72. The Balaban J connectivity index is 1.23. The van der Waals surface area contributed by atoms with Crippen LogP contribution in [-0.2, 0) is 14.8 Å². The molecule has 29 heavy (non-hydrogen) atoms. The van der Waals surface area contributed by atoms with E-state index in [1.807, 2.05) is 0 Å². The molecule has 0 atom stereocenters. The van der Waals surface area contributed by atoms with Gasteiger partial charge in [-0.3, -0.25) is 4.79 Å². The summed E-state index contributed by atoms with van der Waals surface area (Å²) in [5.41, 5.74) is 0.819. The maximum atomic E-state index is 12.7. The summed E-state index contributed by atoms with van der Waals surface area (Å²) in [6, 6.07) is 6.35. The molecule has 5 fully saturated rings. The predicted molar refractivity (Wildman–Crippen MR) is 109 cm³/mol. The van der Waals surface area contributed by atoms with Crippen LogP contribution in [-0.4, -0.2) is 51.5 Å². The lowest BCUT2D eigenvalue weighted by Gasteiger charge is -2.56. The third kappa shape index (κ3) is 3.73. The Morgan fingerprint density at radius 3 is 2.10 bits per heavy atom. The van der Waals surface area contributed by atoms with Gasteiger partial charge in [0.2, 0.25) is 10.0 Å². The highest BCUT2D eigenvalue weighted by Crippen LogP contribution is 2.59. The Bertz CT molecular complexity index is 839. The normalized spacial score (nSPS) is 34.3. The maximum Gasteiger partial charge on any atom is 0.251 e. The van der Waals surface area contributed by atoms with Crippen molar-refractivity contribution in [2.45, 2.75) is 43.4 Å². The van der Waals surface area contributed by atoms with E-state index in [1.54, 1.807) is 24.3 Å². The van der Waals surface area contributed by atoms with Crippen LogP contribution in [0.25, 0.3) is 0 Å². The number of rotatable bonds is 5. The first kappa shape index (κ1) is 19.5. The molecule has 0 spiro atoms. The van der Waals surface area contributed by atoms with Gasteiger partial charge in [0, 0.05) is 25.2 Å². The van der Waals surface area contributed by atoms with Crippen LogP contribution in [0.4, 0.5) is 0 Å². The third-order valence-corrected chi connectivity index (χ3v) is 9.43. The second-order valence-electron chi connectivity index (χ2n) is 9.64. The van der Waals surface area contributed by atoms with Gasteiger partial charge in [-0.25, -0.2) is 8.42 Å². The third-order valence-electron chi connectivity index (χ3n) is 7.51. The van der Waals surface area contributed by atoms with E-state index in [1.165, 1.54) is 42.8 Å². The van der Waals surface area contributed by atoms with E-state index in [0.29, 0.717) is 37.3 Å². The summed E-state index contributed by atoms with van der Waals surface area (Å²) >= 11 is 0. The van der Waals surface area contributed by atoms with Gasteiger partial charge in [-0.1, -0.05) is 0 Å². The number of benzene rings is 1. The Hall–Kier alpha value is -1.44. The number of amides is 1. The fourth-order valence-electron chi connectivity index (χ4n) is 6.59. The minimum Gasteiger partial charge on any atom is -0.379 e. The smallest absolute Gasteiger partial charge is 0.251 e. The molecule has 1 N–H and O–H groups in total. The van der Waals surface area contributed by atoms with Crippen LogP contribution in [0.2, 0.25) is 0 Å². The van der Waals surface area contributed by atoms with Gasteiger partial charge in [0.15, 0.2) is 0 Å². The summed E-state index contributed by atoms with van der Waals surface area (Å²) < 4.78 is 32.1. The Morgan fingerprint density at radius 1 is 1.00 bits per heavy atom. The van der Waals surface area contributed by atoms with E-state index in [9.17, 15) is 13.2 Å². The number of hydrogen-bond acceptors (Lipinski definition) is 4. The zero-order valence-corrected chi connectivity index (χ0v) is 17.6. The van der Waals surface area contributed by atoms with E-state index in [2.05, 4.69) is 5.32 Å². The number of nitrogens with zero attached hydrogens (tertiary/aromatic N) is 1. The van der Waals surface area contributed by atoms with Crippen molar-refractivity contribution in [2.24, 2.45) is 23.2 Å². The predicted octanol–water partition coefficient (Wildman–Crippen LogP) is 2.65. The summed E-state index contributed by atoms with van der Waals surface area (Å²) in [5.74, 6) is 2.49. The van der Waals surface area contributed by atoms with Crippen LogP contribution in [0.15, 0.2) is 29.2 Å². The minimum atomic E-state index is -3.53. The Kier molecular flexibility index (Phi) is 4.95. The Morgan fingerprint density at radius 2 is 1.55 bits per heavy atom. The van der Waals surface area contributed by atoms with Crippen molar-refractivity contribution in [3.05, 3.63) is 29.8 Å². The SMILES string of the molecule is O=C(NCC12CC3CC(CC(C3)C1)C2)c1ccc(S(=O)(=O)N2CCOCC2)cc1. The van der Waals surface area contributed by atoms with Crippen LogP contribution in [0.3, 0.4) is 0 Å². The van der Waals surface area contributed by atoms with Crippen LogP contribution < -0.4 is 5.32 Å². The topological polar surface area (TPSA) is 75.7 Å². The molecule has 1 aliphatic heterocycles. The maximum absolute atomic E-state index is 12.7. The molecule has 4 aliphatic carbocycles. The number of nitrogens with one attached hydrogen (secondary N) is 1. The number of ether oxygens (including phenoxy) is 1. The molecule has 1 heterocycles. The van der Waals surface area contributed by atoms with Crippen molar-refractivity contribution < 1.29 is 17.9 Å². The lowest BCUT2D eigenvalue weighted by molar-refractivity contribution is -0.0503. The monoisotopic (exact) mass is 418 g/mol. The largest absolute Gasteiger partial charge is 0.379 e. The summed E-state index contributed by atoms with van der Waals surface area (Å²) in [6.07, 6.45) is 7.97. The van der Waals surface area contributed by atoms with Gasteiger partial charge in [-0.15, -0.1) is 0 Å². The van der Waals surface area contributed by atoms with Gasteiger partial charge in [-0.05, 0) is 86.0 Å². The summed E-state index contributed by atoms with van der Waals surface area (Å²) in [4.78, 5) is 12.9. The molecular weight excluding hydrogens is 388 g/mol. The van der Waals surface area contributed by atoms with E-state index in [4.69, 9.17) is 4.74 Å². The molecule has 0 aromatic heterocycles. The zero-order valence-electron chi connectivity index (χ0n) is 16.8. The molecule has 6 rings (SSSR count). The van der Waals surface area contributed by atoms with Crippen molar-refractivity contribution in [1.29, 1.82) is 0 Å². The van der Waals surface area contributed by atoms with E-state index < -0.39 is 10.0 Å². The van der Waals surface area contributed by atoms with Gasteiger partial charge in [0.25, 0.3) is 5.91 Å². The fourth-order valence-corrected chi connectivity index (χ4v) is 8.00. The standard InChI is InChI=1S/C22H30N2O4S/c25-21(23-15-22-12-16-9-17(13-22)11-18(10-16)14-22)19-1-3-20(4-2-19)29(26,27)24-5-7-28-8-6-24/h1-4,16-18H,5-15H2,(H,23,25). The van der Waals surface area contributed by atoms with Gasteiger partial charge in [-0.2, -0.15) is 4.31 Å². The number of carbonyl (C=O) groups is 1. The first-order valence-electron chi connectivity index (χ1n) is 10.9. The molecule has 1 amide bonds. The summed E-state index contributed by atoms with van der Waals surface area (Å²) in [6.45, 7) is 2.34. The summed E-state index contributed by atoms with van der Waals surface area (Å²) in [5, 5.41) is 3.16. The van der Waals surface area contributed by atoms with Gasteiger partial charge >= 0.3 is 0 Å². The molecule has 0 radical (unpaired) electrons. The van der Waals surface area contributed by atoms with E-state index in [-0.39, 0.29) is 10.8 Å². The molecule has 4 bridgehead atoms. The molecule has 0 unspecified atom stereocenters. The molecule has 1 aromatic carbocycles. The van der Waals surface area contributed by atoms with Crippen LogP contribution in [0.5, 0.6) is 0 Å². The molecule has 6 nitrogen and oxygen atoms in total. The highest BCUT2D eigenvalue weighted by atomic mass is 32.2. The van der Waals surface area contributed by atoms with Crippen molar-refractivity contribution in [2.75, 3.05) is 32.8 Å². The van der Waals surface area contributed by atoms with Gasteiger partial charge in [0.05, 0.1) is 18.1 Å². The minimum absolute atomic E-state index is 0.101. The molecule has 5 aliphatic rings. The highest BCUT2D eigenvalue weighted by Gasteiger charge is 2.50. The van der Waals surface area contributed by atoms with E-state index in [0.717, 1.165) is 24.3 Å². The van der Waals surface area contributed by atoms with Crippen LogP contribution >= 0.6 is 0 Å². The molecule has 7 heteroatoms. The highest BCUT2D eigenvalue weighted by molar-refractivity contribution is 7.89. The molecule has 158 valence electrons. The number of carbonyl (C=O) groups excluding carboxylic acids is 1. The van der Waals surface area contributed by atoms with Gasteiger partial charge in [0.1, 0.15) is 0 Å². The number of hydrogen-bond donors (Lipinski definition) is 1. The first-order chi connectivity index (χ1) is 13.9. The lowest BCUT2D eigenvalue weighted by atomic mass is 9.49. The second-order valence-corrected chi connectivity index (χ2v) is 11.6. The quantitative estimate of drug-likeness (QED) is 0.798. The summed E-state index contributed by atoms with van der Waals surface area (Å²) in [7, 11) is -3.53. The number of morpholine rings is 1. The Labute approximate surface area is 173 Å². The van der Waals surface area contributed by atoms with Crippen molar-refractivity contribution in [1.82, 2.24) is 9.62 Å². The second kappa shape index (κ2) is 7.36. The molecule has 1 saturated heterocycles. The fraction of sp³-hybridized carbons (Fsp3) is 0.682. The lowest BCUT2D eigenvalue weighted by Crippen LogP contribution is -2.51. The van der Waals surface area contributed by atoms with Crippen molar-refractivity contribution in [3.8, 4) is 0 Å². The number of sulfonamides is 1. The van der Waals surface area contributed by atoms with Crippen molar-refractivity contribution in [3.63, 3.8) is 0 Å². The van der Waals surface area contributed by atoms with Crippen molar-refractivity contribution >= 4 is 15.9 Å². The zero-order chi connectivity index (χ0) is 20.1. The average molecular weight is 419 g/mol. The first-order valence-corrected chi connectivity index (χ1v) is 12.3.